The van der Waals surface area contributed by atoms with Gasteiger partial charge in [0, 0.05) is 19.9 Å². The van der Waals surface area contributed by atoms with E-state index in [2.05, 4.69) is 70.8 Å². The predicted molar refractivity (Wildman–Crippen MR) is 125 cm³/mol. The molecule has 158 valence electrons. The predicted octanol–water partition coefficient (Wildman–Crippen LogP) is 1.80. The number of nitrogens with one attached hydrogen (secondary N) is 2. The van der Waals surface area contributed by atoms with E-state index in [1.807, 2.05) is 18.2 Å². The summed E-state index contributed by atoms with van der Waals surface area (Å²) >= 11 is 10.6. The number of hydrogen-bond donors (Lipinski definition) is 4. The van der Waals surface area contributed by atoms with E-state index < -0.39 is 30.4 Å². The number of aliphatic hydroxyl groups is 2. The Hall–Kier alpha value is -1.33. The van der Waals surface area contributed by atoms with Crippen molar-refractivity contribution in [1.29, 1.82) is 0 Å². The van der Waals surface area contributed by atoms with Crippen LogP contribution in [0.1, 0.15) is 6.23 Å². The Kier molecular flexibility index (Phi) is 6.32. The van der Waals surface area contributed by atoms with Crippen molar-refractivity contribution in [2.45, 2.75) is 24.5 Å². The number of carbonyl (C=O) groups excluding carboxylic acids is 1. The molecule has 10 nitrogen and oxygen atoms in total. The number of aliphatic hydroxyl groups excluding tert-OH is 2. The van der Waals surface area contributed by atoms with E-state index in [1.165, 1.54) is 17.9 Å². The van der Waals surface area contributed by atoms with Gasteiger partial charge in [-0.2, -0.15) is 9.97 Å². The smallest absolute Gasteiger partial charge is 0.251 e. The van der Waals surface area contributed by atoms with Gasteiger partial charge in [0.2, 0.25) is 5.28 Å². The van der Waals surface area contributed by atoms with Crippen molar-refractivity contribution in [3.05, 3.63) is 37.0 Å². The lowest BCUT2D eigenvalue weighted by Crippen LogP contribution is -2.41. The number of imidazole rings is 1. The van der Waals surface area contributed by atoms with E-state index in [4.69, 9.17) is 16.3 Å². The molecule has 2 aromatic heterocycles. The summed E-state index contributed by atoms with van der Waals surface area (Å²) in [5.41, 5.74) is 1.47. The van der Waals surface area contributed by atoms with Crippen LogP contribution in [0.4, 0.5) is 11.5 Å². The van der Waals surface area contributed by atoms with Crippen LogP contribution in [0.15, 0.2) is 24.5 Å². The fraction of sp³-hybridized carbons (Fsp3) is 0.294. The summed E-state index contributed by atoms with van der Waals surface area (Å²) in [5, 5.41) is 26.2. The van der Waals surface area contributed by atoms with Crippen molar-refractivity contribution < 1.29 is 19.7 Å². The maximum Gasteiger partial charge on any atom is 0.251 e. The summed E-state index contributed by atoms with van der Waals surface area (Å²) in [6.45, 7) is 0. The van der Waals surface area contributed by atoms with Crippen LogP contribution in [0.5, 0.6) is 0 Å². The molecule has 0 bridgehead atoms. The van der Waals surface area contributed by atoms with Gasteiger partial charge in [-0.05, 0) is 75.0 Å². The molecule has 0 unspecified atom stereocenters. The summed E-state index contributed by atoms with van der Waals surface area (Å²) in [5.74, 6) is -0.172. The number of nitrogens with zero attached hydrogens (tertiary/aromatic N) is 4. The molecule has 1 aliphatic heterocycles. The monoisotopic (exact) mass is 656 g/mol. The molecule has 1 aromatic carbocycles. The molecule has 1 aliphatic rings. The van der Waals surface area contributed by atoms with E-state index in [1.54, 1.807) is 0 Å². The Morgan fingerprint density at radius 3 is 2.57 bits per heavy atom. The van der Waals surface area contributed by atoms with Gasteiger partial charge in [0.1, 0.15) is 12.2 Å². The minimum atomic E-state index is -1.41. The Balaban J connectivity index is 1.73. The number of hydrogen-bond acceptors (Lipinski definition) is 8. The molecule has 1 fully saturated rings. The summed E-state index contributed by atoms with van der Waals surface area (Å²) < 4.78 is 9.11. The van der Waals surface area contributed by atoms with Crippen LogP contribution in [-0.4, -0.2) is 61.0 Å². The van der Waals surface area contributed by atoms with Gasteiger partial charge in [0.25, 0.3) is 5.91 Å². The lowest BCUT2D eigenvalue weighted by molar-refractivity contribution is -0.137. The minimum Gasteiger partial charge on any atom is -0.387 e. The van der Waals surface area contributed by atoms with Crippen molar-refractivity contribution in [1.82, 2.24) is 24.8 Å². The molecule has 0 saturated carbocycles. The number of halogens is 3. The summed E-state index contributed by atoms with van der Waals surface area (Å²) in [4.78, 5) is 24.7. The Morgan fingerprint density at radius 1 is 1.20 bits per heavy atom. The average Bonchev–Trinajstić information content (AvgIpc) is 3.22. The van der Waals surface area contributed by atoms with E-state index in [0.29, 0.717) is 11.3 Å². The molecule has 0 spiro atoms. The zero-order valence-corrected chi connectivity index (χ0v) is 20.3. The molecule has 1 saturated heterocycles. The summed E-state index contributed by atoms with van der Waals surface area (Å²) in [7, 11) is 1.42. The lowest BCUT2D eigenvalue weighted by Gasteiger charge is -2.16. The second kappa shape index (κ2) is 8.66. The van der Waals surface area contributed by atoms with Gasteiger partial charge in [-0.1, -0.05) is 0 Å². The molecule has 4 N–H and O–H groups in total. The van der Waals surface area contributed by atoms with Crippen molar-refractivity contribution in [2.75, 3.05) is 12.4 Å². The molecule has 1 amide bonds. The maximum atomic E-state index is 11.9. The molecule has 0 aliphatic carbocycles. The molecule has 30 heavy (non-hydrogen) atoms. The van der Waals surface area contributed by atoms with E-state index in [0.717, 1.165) is 12.8 Å². The highest BCUT2D eigenvalue weighted by atomic mass is 127. The number of fused-ring (bicyclic) bond motifs is 1. The fourth-order valence-corrected chi connectivity index (χ4v) is 5.28. The third-order valence-electron chi connectivity index (χ3n) is 4.54. The zero-order chi connectivity index (χ0) is 21.6. The van der Waals surface area contributed by atoms with Crippen LogP contribution in [0, 0.1) is 7.14 Å². The van der Waals surface area contributed by atoms with Gasteiger partial charge in [-0.15, -0.1) is 0 Å². The molecule has 4 rings (SSSR count). The first-order valence-corrected chi connectivity index (χ1v) is 11.2. The van der Waals surface area contributed by atoms with Gasteiger partial charge in [-0.3, -0.25) is 9.36 Å². The van der Waals surface area contributed by atoms with E-state index >= 15 is 0 Å². The summed E-state index contributed by atoms with van der Waals surface area (Å²) in [6, 6.07) is 5.90. The number of aromatic nitrogens is 4. The highest BCUT2D eigenvalue weighted by Crippen LogP contribution is 2.33. The molecular weight excluding hydrogens is 641 g/mol. The van der Waals surface area contributed by atoms with Gasteiger partial charge in [0.15, 0.2) is 29.3 Å². The normalized spacial score (nSPS) is 23.7. The average molecular weight is 657 g/mol. The zero-order valence-electron chi connectivity index (χ0n) is 15.3. The summed E-state index contributed by atoms with van der Waals surface area (Å²) in [6.07, 6.45) is -3.69. The van der Waals surface area contributed by atoms with Crippen LogP contribution in [0.2, 0.25) is 5.28 Å². The number of benzene rings is 1. The van der Waals surface area contributed by atoms with Crippen LogP contribution < -0.4 is 10.6 Å². The van der Waals surface area contributed by atoms with Crippen molar-refractivity contribution in [3.63, 3.8) is 0 Å². The first-order chi connectivity index (χ1) is 14.3. The standard InChI is InChI=1S/C17H15ClI2N6O4/c1-21-15(29)12-10(27)11(28)16(30-12)26-5-22-9-13(24-17(18)25-14(9)26)23-8-3-6(19)2-7(20)4-8/h2-5,10-12,16,27-28H,1H3,(H,21,29)(H,23,24,25)/t10-,11+,12-,16+/m0/s1. The maximum absolute atomic E-state index is 11.9. The third-order valence-corrected chi connectivity index (χ3v) is 5.95. The van der Waals surface area contributed by atoms with E-state index in [9.17, 15) is 15.0 Å². The van der Waals surface area contributed by atoms with Gasteiger partial charge in [-0.25, -0.2) is 4.98 Å². The van der Waals surface area contributed by atoms with E-state index in [-0.39, 0.29) is 10.9 Å². The largest absolute Gasteiger partial charge is 0.387 e. The van der Waals surface area contributed by atoms with Crippen molar-refractivity contribution in [3.8, 4) is 0 Å². The third kappa shape index (κ3) is 4.08. The topological polar surface area (TPSA) is 134 Å². The number of ether oxygens (including phenoxy) is 1. The highest BCUT2D eigenvalue weighted by Gasteiger charge is 2.47. The number of anilines is 2. The van der Waals surface area contributed by atoms with Crippen LogP contribution in [-0.2, 0) is 9.53 Å². The molecule has 4 atom stereocenters. The van der Waals surface area contributed by atoms with Gasteiger partial charge < -0.3 is 25.6 Å². The molecule has 13 heteroatoms. The number of rotatable bonds is 4. The number of likely N-dealkylation sites (N-methyl/N-ethyl adjacent to an activating group) is 1. The van der Waals surface area contributed by atoms with Crippen molar-refractivity contribution in [2.24, 2.45) is 0 Å². The second-order valence-electron chi connectivity index (χ2n) is 6.49. The highest BCUT2D eigenvalue weighted by molar-refractivity contribution is 14.1. The quantitative estimate of drug-likeness (QED) is 0.247. The van der Waals surface area contributed by atoms with Crippen LogP contribution in [0.3, 0.4) is 0 Å². The first-order valence-electron chi connectivity index (χ1n) is 8.65. The van der Waals surface area contributed by atoms with Crippen LogP contribution >= 0.6 is 56.8 Å². The fourth-order valence-electron chi connectivity index (χ4n) is 3.17. The minimum absolute atomic E-state index is 0.0389. The first kappa shape index (κ1) is 21.9. The van der Waals surface area contributed by atoms with Gasteiger partial charge >= 0.3 is 0 Å². The Bertz CT molecular complexity index is 1110. The molecule has 0 radical (unpaired) electrons. The Labute approximate surface area is 202 Å². The Morgan fingerprint density at radius 2 is 1.90 bits per heavy atom. The van der Waals surface area contributed by atoms with Crippen molar-refractivity contribution >= 4 is 85.4 Å². The lowest BCUT2D eigenvalue weighted by atomic mass is 10.1. The number of amides is 1. The molecular formula is C17H15ClI2N6O4. The molecule has 3 aromatic rings. The molecule has 3 heterocycles. The van der Waals surface area contributed by atoms with Gasteiger partial charge in [0.05, 0.1) is 6.33 Å². The SMILES string of the molecule is CNC(=O)[C@H]1O[C@@H](n2cnc3c(Nc4cc(I)cc(I)c4)nc(Cl)nc32)[C@H](O)[C@@H]1O. The van der Waals surface area contributed by atoms with Crippen LogP contribution in [0.25, 0.3) is 11.2 Å². The number of carbonyl (C=O) groups is 1. The second-order valence-corrected chi connectivity index (χ2v) is 9.32.